The molecule has 0 radical (unpaired) electrons. The van der Waals surface area contributed by atoms with Crippen molar-refractivity contribution in [2.24, 2.45) is 0 Å². The molecule has 0 aliphatic rings. The SMILES string of the molecule is COc1ccc(C(=O)NCCNc2ccnc3cc(Cl)ccc23)cc1S(=O)(=O)NCc1ccccc1. The zero-order valence-corrected chi connectivity index (χ0v) is 21.1. The first-order valence-electron chi connectivity index (χ1n) is 11.2. The van der Waals surface area contributed by atoms with Gasteiger partial charge < -0.3 is 15.4 Å². The fourth-order valence-electron chi connectivity index (χ4n) is 3.63. The van der Waals surface area contributed by atoms with Gasteiger partial charge in [0.15, 0.2) is 0 Å². The Morgan fingerprint density at radius 1 is 1.00 bits per heavy atom. The normalized spacial score (nSPS) is 11.3. The minimum atomic E-state index is -3.93. The second-order valence-corrected chi connectivity index (χ2v) is 10.1. The summed E-state index contributed by atoms with van der Waals surface area (Å²) in [4.78, 5) is 17.0. The van der Waals surface area contributed by atoms with Crippen LogP contribution in [0, 0.1) is 0 Å². The minimum absolute atomic E-state index is 0.103. The minimum Gasteiger partial charge on any atom is -0.495 e. The number of sulfonamides is 1. The highest BCUT2D eigenvalue weighted by molar-refractivity contribution is 7.89. The molecule has 0 aliphatic carbocycles. The van der Waals surface area contributed by atoms with Crippen LogP contribution in [0.15, 0.2) is 83.9 Å². The smallest absolute Gasteiger partial charge is 0.251 e. The number of pyridine rings is 1. The maximum atomic E-state index is 13.0. The first-order valence-corrected chi connectivity index (χ1v) is 13.0. The fraction of sp³-hybridized carbons (Fsp3) is 0.154. The molecule has 0 saturated carbocycles. The Kier molecular flexibility index (Phi) is 8.04. The molecule has 1 amide bonds. The molecule has 0 bridgehead atoms. The van der Waals surface area contributed by atoms with Gasteiger partial charge in [0.05, 0.1) is 12.6 Å². The molecule has 0 fully saturated rings. The number of nitrogens with zero attached hydrogens (tertiary/aromatic N) is 1. The third-order valence-corrected chi connectivity index (χ3v) is 7.11. The quantitative estimate of drug-likeness (QED) is 0.268. The van der Waals surface area contributed by atoms with E-state index in [1.165, 1.54) is 25.3 Å². The highest BCUT2D eigenvalue weighted by Crippen LogP contribution is 2.26. The molecule has 1 aromatic heterocycles. The van der Waals surface area contributed by atoms with Crippen molar-refractivity contribution < 1.29 is 17.9 Å². The molecule has 36 heavy (non-hydrogen) atoms. The Morgan fingerprint density at radius 2 is 1.81 bits per heavy atom. The summed E-state index contributed by atoms with van der Waals surface area (Å²) in [5.41, 5.74) is 2.66. The molecule has 0 spiro atoms. The van der Waals surface area contributed by atoms with Crippen LogP contribution in [-0.2, 0) is 16.6 Å². The van der Waals surface area contributed by atoms with E-state index in [4.69, 9.17) is 16.3 Å². The number of rotatable bonds is 10. The molecule has 0 atom stereocenters. The average molecular weight is 525 g/mol. The summed E-state index contributed by atoms with van der Waals surface area (Å²) in [5.74, 6) is -0.247. The molecule has 4 rings (SSSR count). The molecule has 0 unspecified atom stereocenters. The van der Waals surface area contributed by atoms with E-state index < -0.39 is 15.9 Å². The number of aromatic nitrogens is 1. The van der Waals surface area contributed by atoms with E-state index in [9.17, 15) is 13.2 Å². The summed E-state index contributed by atoms with van der Waals surface area (Å²) in [7, 11) is -2.54. The van der Waals surface area contributed by atoms with E-state index in [2.05, 4.69) is 20.3 Å². The van der Waals surface area contributed by atoms with Gasteiger partial charge in [-0.25, -0.2) is 13.1 Å². The molecule has 3 N–H and O–H groups in total. The van der Waals surface area contributed by atoms with Crippen LogP contribution in [0.2, 0.25) is 5.02 Å². The number of hydrogen-bond acceptors (Lipinski definition) is 6. The van der Waals surface area contributed by atoms with E-state index in [-0.39, 0.29) is 22.8 Å². The van der Waals surface area contributed by atoms with E-state index in [0.29, 0.717) is 18.1 Å². The van der Waals surface area contributed by atoms with Crippen molar-refractivity contribution in [3.8, 4) is 5.75 Å². The van der Waals surface area contributed by atoms with Crippen molar-refractivity contribution in [2.75, 3.05) is 25.5 Å². The summed E-state index contributed by atoms with van der Waals surface area (Å²) >= 11 is 6.04. The lowest BCUT2D eigenvalue weighted by Gasteiger charge is -2.13. The molecule has 10 heteroatoms. The predicted octanol–water partition coefficient (Wildman–Crippen LogP) is 4.22. The average Bonchev–Trinajstić information content (AvgIpc) is 2.90. The van der Waals surface area contributed by atoms with E-state index in [1.54, 1.807) is 18.3 Å². The number of fused-ring (bicyclic) bond motifs is 1. The molecule has 0 aliphatic heterocycles. The number of anilines is 1. The zero-order valence-electron chi connectivity index (χ0n) is 19.5. The van der Waals surface area contributed by atoms with Crippen LogP contribution >= 0.6 is 11.6 Å². The van der Waals surface area contributed by atoms with Crippen LogP contribution < -0.4 is 20.1 Å². The van der Waals surface area contributed by atoms with Crippen LogP contribution in [0.5, 0.6) is 5.75 Å². The summed E-state index contributed by atoms with van der Waals surface area (Å²) in [6.45, 7) is 0.883. The van der Waals surface area contributed by atoms with Crippen molar-refractivity contribution in [2.45, 2.75) is 11.4 Å². The van der Waals surface area contributed by atoms with Crippen molar-refractivity contribution in [1.82, 2.24) is 15.0 Å². The first-order chi connectivity index (χ1) is 17.4. The van der Waals surface area contributed by atoms with Crippen molar-refractivity contribution in [3.05, 3.63) is 95.1 Å². The Balaban J connectivity index is 1.40. The molecule has 3 aromatic carbocycles. The molecular formula is C26H25ClN4O4S. The summed E-state index contributed by atoms with van der Waals surface area (Å²) in [6.07, 6.45) is 1.69. The van der Waals surface area contributed by atoms with Crippen molar-refractivity contribution in [3.63, 3.8) is 0 Å². The summed E-state index contributed by atoms with van der Waals surface area (Å²) in [5, 5.41) is 7.61. The maximum Gasteiger partial charge on any atom is 0.251 e. The van der Waals surface area contributed by atoms with Crippen LogP contribution in [0.3, 0.4) is 0 Å². The largest absolute Gasteiger partial charge is 0.495 e. The molecule has 8 nitrogen and oxygen atoms in total. The topological polar surface area (TPSA) is 109 Å². The fourth-order valence-corrected chi connectivity index (χ4v) is 5.01. The van der Waals surface area contributed by atoms with Gasteiger partial charge in [0.2, 0.25) is 10.0 Å². The zero-order chi connectivity index (χ0) is 25.5. The summed E-state index contributed by atoms with van der Waals surface area (Å²) < 4.78 is 33.7. The third-order valence-electron chi connectivity index (χ3n) is 5.46. The number of benzene rings is 3. The van der Waals surface area contributed by atoms with Gasteiger partial charge in [-0.05, 0) is 48.0 Å². The Morgan fingerprint density at radius 3 is 2.58 bits per heavy atom. The molecule has 0 saturated heterocycles. The highest BCUT2D eigenvalue weighted by atomic mass is 35.5. The van der Waals surface area contributed by atoms with Gasteiger partial charge in [0.25, 0.3) is 5.91 Å². The predicted molar refractivity (Wildman–Crippen MR) is 141 cm³/mol. The Bertz CT molecular complexity index is 1480. The van der Waals surface area contributed by atoms with Crippen LogP contribution in [0.1, 0.15) is 15.9 Å². The number of carbonyl (C=O) groups is 1. The van der Waals surface area contributed by atoms with E-state index in [1.807, 2.05) is 42.5 Å². The highest BCUT2D eigenvalue weighted by Gasteiger charge is 2.21. The Hall–Kier alpha value is -3.66. The molecule has 4 aromatic rings. The van der Waals surface area contributed by atoms with Crippen LogP contribution in [0.25, 0.3) is 10.9 Å². The van der Waals surface area contributed by atoms with Gasteiger partial charge in [-0.15, -0.1) is 0 Å². The standard InChI is InChI=1S/C26H25ClN4O4S/c1-35-24-10-7-19(15-25(24)36(33,34)31-17-18-5-3-2-4-6-18)26(32)30-14-13-29-22-11-12-28-23-16-20(27)8-9-21(22)23/h2-12,15-16,31H,13-14,17H2,1H3,(H,28,29)(H,30,32). The van der Waals surface area contributed by atoms with E-state index >= 15 is 0 Å². The number of carbonyl (C=O) groups excluding carboxylic acids is 1. The lowest BCUT2D eigenvalue weighted by molar-refractivity contribution is 0.0955. The third kappa shape index (κ3) is 6.12. The van der Waals surface area contributed by atoms with Gasteiger partial charge in [0, 0.05) is 47.5 Å². The second-order valence-electron chi connectivity index (χ2n) is 7.88. The number of ether oxygens (including phenoxy) is 1. The first kappa shape index (κ1) is 25.4. The lowest BCUT2D eigenvalue weighted by atomic mass is 10.2. The van der Waals surface area contributed by atoms with E-state index in [0.717, 1.165) is 22.2 Å². The number of nitrogens with one attached hydrogen (secondary N) is 3. The van der Waals surface area contributed by atoms with Crippen molar-refractivity contribution >= 4 is 44.1 Å². The number of hydrogen-bond donors (Lipinski definition) is 3. The van der Waals surface area contributed by atoms with Gasteiger partial charge in [-0.3, -0.25) is 9.78 Å². The Labute approximate surface area is 214 Å². The monoisotopic (exact) mass is 524 g/mol. The van der Waals surface area contributed by atoms with Crippen molar-refractivity contribution in [1.29, 1.82) is 0 Å². The van der Waals surface area contributed by atoms with Gasteiger partial charge in [-0.2, -0.15) is 0 Å². The van der Waals surface area contributed by atoms with Gasteiger partial charge in [0.1, 0.15) is 10.6 Å². The molecular weight excluding hydrogens is 500 g/mol. The summed E-state index contributed by atoms with van der Waals surface area (Å²) in [6, 6.07) is 20.8. The number of methoxy groups -OCH3 is 1. The second kappa shape index (κ2) is 11.4. The maximum absolute atomic E-state index is 13.0. The molecule has 1 heterocycles. The number of amides is 1. The number of halogens is 1. The molecule has 186 valence electrons. The van der Waals surface area contributed by atoms with Crippen LogP contribution in [-0.4, -0.2) is 39.5 Å². The van der Waals surface area contributed by atoms with Gasteiger partial charge >= 0.3 is 0 Å². The van der Waals surface area contributed by atoms with Crippen LogP contribution in [0.4, 0.5) is 5.69 Å². The van der Waals surface area contributed by atoms with Gasteiger partial charge in [-0.1, -0.05) is 41.9 Å². The lowest BCUT2D eigenvalue weighted by Crippen LogP contribution is -2.29.